The van der Waals surface area contributed by atoms with Gasteiger partial charge in [-0.15, -0.1) is 8.42 Å². The lowest BCUT2D eigenvalue weighted by atomic mass is 9.97. The molecule has 0 aromatic heterocycles. The molecular formula is C36H22O6S. The third-order valence-corrected chi connectivity index (χ3v) is 8.77. The highest BCUT2D eigenvalue weighted by molar-refractivity contribution is 7.82. The van der Waals surface area contributed by atoms with Crippen molar-refractivity contribution in [3.05, 3.63) is 121 Å². The van der Waals surface area contributed by atoms with Crippen LogP contribution in [0.25, 0.3) is 64.6 Å². The summed E-state index contributed by atoms with van der Waals surface area (Å²) >= 11 is 0. The Morgan fingerprint density at radius 1 is 0.372 bits per heavy atom. The molecule has 208 valence electrons. The molecule has 8 aromatic carbocycles. The molecule has 7 heteroatoms. The molecule has 0 saturated heterocycles. The van der Waals surface area contributed by atoms with Gasteiger partial charge in [0.2, 0.25) is 0 Å². The lowest BCUT2D eigenvalue weighted by molar-refractivity contribution is 0.393. The number of fused-ring (bicyclic) bond motifs is 10. The van der Waals surface area contributed by atoms with Gasteiger partial charge in [-0.1, -0.05) is 72.8 Å². The van der Waals surface area contributed by atoms with Crippen LogP contribution in [0.3, 0.4) is 0 Å². The summed E-state index contributed by atoms with van der Waals surface area (Å²) in [6.45, 7) is 0. The molecule has 0 fully saturated rings. The van der Waals surface area contributed by atoms with E-state index in [0.29, 0.717) is 0 Å². The van der Waals surface area contributed by atoms with Crippen LogP contribution in [0.5, 0.6) is 23.0 Å². The van der Waals surface area contributed by atoms with Crippen LogP contribution in [0, 0.1) is 0 Å². The first kappa shape index (κ1) is 25.2. The minimum Gasteiger partial charge on any atom is -0.508 e. The zero-order chi connectivity index (χ0) is 29.3. The fraction of sp³-hybridized carbons (Fsp3) is 0. The Balaban J connectivity index is 1.10. The molecule has 0 bridgehead atoms. The molecule has 0 amide bonds. The second kappa shape index (κ2) is 9.24. The Morgan fingerprint density at radius 2 is 0.674 bits per heavy atom. The second-order valence-electron chi connectivity index (χ2n) is 10.6. The van der Waals surface area contributed by atoms with Crippen LogP contribution in [-0.4, -0.2) is 18.6 Å². The van der Waals surface area contributed by atoms with Gasteiger partial charge in [-0.3, -0.25) is 0 Å². The Bertz CT molecular complexity index is 2380. The number of hydrogen-bond donors (Lipinski definition) is 2. The fourth-order valence-corrected chi connectivity index (χ4v) is 6.77. The van der Waals surface area contributed by atoms with Crippen LogP contribution in [0.4, 0.5) is 0 Å². The standard InChI is InChI=1S/C36H22O6S/c37-25-5-13-29-21(17-25)1-9-35-31-15-7-27(19-23(31)3-11-33(29)35)41-43(39,40)42-28-8-16-32-24(20-28)4-12-34-30-14-6-26(38)18-22(30)2-10-36(32)34/h1-20,37-38H. The fourth-order valence-electron chi connectivity index (χ4n) is 6.06. The predicted octanol–water partition coefficient (Wildman–Crippen LogP) is 8.72. The number of aromatic hydroxyl groups is 2. The minimum atomic E-state index is -4.42. The Hall–Kier alpha value is -5.53. The van der Waals surface area contributed by atoms with Crippen LogP contribution >= 0.6 is 0 Å². The highest BCUT2D eigenvalue weighted by Crippen LogP contribution is 2.36. The maximum atomic E-state index is 12.9. The second-order valence-corrected chi connectivity index (χ2v) is 11.8. The smallest absolute Gasteiger partial charge is 0.500 e. The van der Waals surface area contributed by atoms with Crippen LogP contribution in [-0.2, 0) is 10.4 Å². The summed E-state index contributed by atoms with van der Waals surface area (Å²) < 4.78 is 36.6. The number of rotatable bonds is 4. The van der Waals surface area contributed by atoms with E-state index in [1.807, 2.05) is 72.8 Å². The quantitative estimate of drug-likeness (QED) is 0.202. The first-order valence-corrected chi connectivity index (χ1v) is 15.0. The first-order valence-electron chi connectivity index (χ1n) is 13.6. The van der Waals surface area contributed by atoms with Crippen LogP contribution in [0.2, 0.25) is 0 Å². The summed E-state index contributed by atoms with van der Waals surface area (Å²) in [5, 5.41) is 31.2. The molecule has 0 saturated carbocycles. The van der Waals surface area contributed by atoms with Crippen LogP contribution < -0.4 is 8.37 Å². The van der Waals surface area contributed by atoms with Crippen molar-refractivity contribution in [2.45, 2.75) is 0 Å². The van der Waals surface area contributed by atoms with Gasteiger partial charge in [0.05, 0.1) is 0 Å². The Morgan fingerprint density at radius 3 is 1.05 bits per heavy atom. The lowest BCUT2D eigenvalue weighted by Gasteiger charge is -2.12. The topological polar surface area (TPSA) is 93.1 Å². The summed E-state index contributed by atoms with van der Waals surface area (Å²) in [7, 11) is -4.42. The monoisotopic (exact) mass is 582 g/mol. The molecule has 0 unspecified atom stereocenters. The van der Waals surface area contributed by atoms with Gasteiger partial charge in [0.25, 0.3) is 0 Å². The Labute approximate surface area is 245 Å². The van der Waals surface area contributed by atoms with Crippen molar-refractivity contribution in [2.24, 2.45) is 0 Å². The van der Waals surface area contributed by atoms with Gasteiger partial charge >= 0.3 is 10.4 Å². The molecule has 43 heavy (non-hydrogen) atoms. The largest absolute Gasteiger partial charge is 0.508 e. The number of benzene rings is 8. The van der Waals surface area contributed by atoms with Crippen molar-refractivity contribution >= 4 is 75.0 Å². The molecular weight excluding hydrogens is 560 g/mol. The van der Waals surface area contributed by atoms with E-state index in [1.54, 1.807) is 48.5 Å². The molecule has 0 radical (unpaired) electrons. The zero-order valence-electron chi connectivity index (χ0n) is 22.5. The summed E-state index contributed by atoms with van der Waals surface area (Å²) in [5.74, 6) is 0.710. The normalized spacial score (nSPS) is 12.1. The average Bonchev–Trinajstić information content (AvgIpc) is 2.99. The number of phenols is 2. The summed E-state index contributed by atoms with van der Waals surface area (Å²) in [6.07, 6.45) is 0. The number of phenolic OH excluding ortho intramolecular Hbond substituents is 2. The molecule has 0 atom stereocenters. The van der Waals surface area contributed by atoms with E-state index in [-0.39, 0.29) is 23.0 Å². The van der Waals surface area contributed by atoms with E-state index in [1.165, 1.54) is 0 Å². The van der Waals surface area contributed by atoms with Crippen molar-refractivity contribution in [3.63, 3.8) is 0 Å². The van der Waals surface area contributed by atoms with E-state index in [2.05, 4.69) is 0 Å². The van der Waals surface area contributed by atoms with Crippen LogP contribution in [0.15, 0.2) is 121 Å². The van der Waals surface area contributed by atoms with Crippen LogP contribution in [0.1, 0.15) is 0 Å². The summed E-state index contributed by atoms with van der Waals surface area (Å²) in [5.41, 5.74) is 0. The molecule has 6 nitrogen and oxygen atoms in total. The van der Waals surface area contributed by atoms with E-state index in [9.17, 15) is 18.6 Å². The first-order chi connectivity index (χ1) is 20.8. The molecule has 0 spiro atoms. The molecule has 8 aromatic rings. The summed E-state index contributed by atoms with van der Waals surface area (Å²) in [4.78, 5) is 0. The van der Waals surface area contributed by atoms with E-state index in [0.717, 1.165) is 64.6 Å². The van der Waals surface area contributed by atoms with Crippen molar-refractivity contribution in [3.8, 4) is 23.0 Å². The van der Waals surface area contributed by atoms with Crippen molar-refractivity contribution in [1.82, 2.24) is 0 Å². The van der Waals surface area contributed by atoms with Gasteiger partial charge in [0, 0.05) is 0 Å². The van der Waals surface area contributed by atoms with Gasteiger partial charge in [-0.25, -0.2) is 0 Å². The third-order valence-electron chi connectivity index (χ3n) is 7.97. The maximum absolute atomic E-state index is 12.9. The molecule has 0 heterocycles. The van der Waals surface area contributed by atoms with Gasteiger partial charge in [-0.05, 0) is 113 Å². The number of hydrogen-bond acceptors (Lipinski definition) is 6. The van der Waals surface area contributed by atoms with Crippen molar-refractivity contribution < 1.29 is 27.0 Å². The van der Waals surface area contributed by atoms with E-state index >= 15 is 0 Å². The SMILES string of the molecule is O=S(=O)(Oc1ccc2c(ccc3c4ccc(O)cc4ccc23)c1)Oc1ccc2c(ccc3c4ccc(O)cc4ccc23)c1. The predicted molar refractivity (Wildman–Crippen MR) is 171 cm³/mol. The zero-order valence-corrected chi connectivity index (χ0v) is 23.3. The highest BCUT2D eigenvalue weighted by atomic mass is 32.3. The van der Waals surface area contributed by atoms with Crippen molar-refractivity contribution in [1.29, 1.82) is 0 Å². The molecule has 0 aliphatic rings. The summed E-state index contributed by atoms with van der Waals surface area (Å²) in [6, 6.07) is 36.5. The maximum Gasteiger partial charge on any atom is 0.500 e. The molecule has 8 rings (SSSR count). The minimum absolute atomic E-state index is 0.141. The van der Waals surface area contributed by atoms with Crippen molar-refractivity contribution in [2.75, 3.05) is 0 Å². The lowest BCUT2D eigenvalue weighted by Crippen LogP contribution is -2.16. The van der Waals surface area contributed by atoms with Gasteiger partial charge in [0.15, 0.2) is 0 Å². The molecule has 0 aliphatic heterocycles. The Kier molecular flexibility index (Phi) is 5.42. The van der Waals surface area contributed by atoms with E-state index in [4.69, 9.17) is 8.37 Å². The highest BCUT2D eigenvalue weighted by Gasteiger charge is 2.17. The van der Waals surface area contributed by atoms with Gasteiger partial charge < -0.3 is 18.6 Å². The van der Waals surface area contributed by atoms with E-state index < -0.39 is 10.4 Å². The van der Waals surface area contributed by atoms with Gasteiger partial charge in [-0.2, -0.15) is 0 Å². The molecule has 2 N–H and O–H groups in total. The van der Waals surface area contributed by atoms with Gasteiger partial charge in [0.1, 0.15) is 23.0 Å². The average molecular weight is 583 g/mol. The third kappa shape index (κ3) is 4.29. The molecule has 0 aliphatic carbocycles.